The van der Waals surface area contributed by atoms with Gasteiger partial charge < -0.3 is 15.6 Å². The Hall–Kier alpha value is -1.07. The first-order valence-corrected chi connectivity index (χ1v) is 5.88. The molecule has 2 atom stereocenters. The molecule has 0 aromatic carbocycles. The molecule has 1 heterocycles. The number of hydrogen-bond acceptors (Lipinski definition) is 4. The van der Waals surface area contributed by atoms with E-state index in [-0.39, 0.29) is 30.3 Å². The van der Waals surface area contributed by atoms with Crippen molar-refractivity contribution in [3.63, 3.8) is 0 Å². The molecule has 0 saturated carbocycles. The number of carbonyl (C=O) groups excluding carboxylic acids is 1. The molecule has 5 nitrogen and oxygen atoms in total. The van der Waals surface area contributed by atoms with Crippen molar-refractivity contribution in [3.05, 3.63) is 17.0 Å². The largest absolute Gasteiger partial charge is 0.361 e. The number of aryl methyl sites for hydroxylation is 2. The fourth-order valence-electron chi connectivity index (χ4n) is 1.57. The zero-order valence-electron chi connectivity index (χ0n) is 11.3. The lowest BCUT2D eigenvalue weighted by Gasteiger charge is -2.15. The molecule has 0 saturated heterocycles. The Morgan fingerprint density at radius 1 is 1.44 bits per heavy atom. The van der Waals surface area contributed by atoms with E-state index in [1.165, 1.54) is 0 Å². The van der Waals surface area contributed by atoms with E-state index in [0.29, 0.717) is 6.54 Å². The van der Waals surface area contributed by atoms with Gasteiger partial charge in [-0.1, -0.05) is 12.1 Å². The maximum Gasteiger partial charge on any atom is 0.224 e. The number of nitrogens with two attached hydrogens (primary N) is 1. The van der Waals surface area contributed by atoms with Crippen LogP contribution in [0, 0.1) is 19.8 Å². The monoisotopic (exact) mass is 275 g/mol. The van der Waals surface area contributed by atoms with E-state index in [2.05, 4.69) is 10.5 Å². The molecule has 1 amide bonds. The molecule has 1 rings (SSSR count). The number of nitrogens with zero attached hydrogens (tertiary/aromatic N) is 1. The summed E-state index contributed by atoms with van der Waals surface area (Å²) in [5, 5.41) is 6.74. The fraction of sp³-hybridized carbons (Fsp3) is 0.667. The Morgan fingerprint density at radius 2 is 2.06 bits per heavy atom. The van der Waals surface area contributed by atoms with E-state index in [9.17, 15) is 4.79 Å². The van der Waals surface area contributed by atoms with Gasteiger partial charge in [-0.25, -0.2) is 0 Å². The molecular formula is C12H22ClN3O2. The van der Waals surface area contributed by atoms with E-state index in [0.717, 1.165) is 23.4 Å². The van der Waals surface area contributed by atoms with Gasteiger partial charge in [0.2, 0.25) is 5.91 Å². The van der Waals surface area contributed by atoms with E-state index in [1.807, 2.05) is 27.7 Å². The van der Waals surface area contributed by atoms with E-state index < -0.39 is 0 Å². The highest BCUT2D eigenvalue weighted by atomic mass is 35.5. The third-order valence-electron chi connectivity index (χ3n) is 3.06. The summed E-state index contributed by atoms with van der Waals surface area (Å²) < 4.78 is 5.06. The van der Waals surface area contributed by atoms with Gasteiger partial charge in [-0.05, 0) is 27.2 Å². The van der Waals surface area contributed by atoms with Crippen molar-refractivity contribution < 1.29 is 9.32 Å². The molecule has 0 aliphatic carbocycles. The molecular weight excluding hydrogens is 254 g/mol. The van der Waals surface area contributed by atoms with Crippen LogP contribution in [0.3, 0.4) is 0 Å². The summed E-state index contributed by atoms with van der Waals surface area (Å²) in [5.74, 6) is 0.642. The maximum absolute atomic E-state index is 11.7. The Labute approximate surface area is 114 Å². The first kappa shape index (κ1) is 16.9. The summed E-state index contributed by atoms with van der Waals surface area (Å²) in [4.78, 5) is 11.7. The number of carbonyl (C=O) groups is 1. The highest BCUT2D eigenvalue weighted by molar-refractivity contribution is 5.85. The Balaban J connectivity index is 0.00000289. The lowest BCUT2D eigenvalue weighted by molar-refractivity contribution is -0.124. The van der Waals surface area contributed by atoms with Crippen molar-refractivity contribution in [2.45, 2.75) is 40.2 Å². The van der Waals surface area contributed by atoms with Crippen LogP contribution in [-0.2, 0) is 11.2 Å². The van der Waals surface area contributed by atoms with E-state index in [4.69, 9.17) is 10.3 Å². The zero-order chi connectivity index (χ0) is 13.0. The van der Waals surface area contributed by atoms with Crippen LogP contribution in [0.25, 0.3) is 0 Å². The zero-order valence-corrected chi connectivity index (χ0v) is 12.1. The molecule has 0 spiro atoms. The summed E-state index contributed by atoms with van der Waals surface area (Å²) in [7, 11) is 0. The highest BCUT2D eigenvalue weighted by Gasteiger charge is 2.16. The van der Waals surface area contributed by atoms with Crippen molar-refractivity contribution in [1.29, 1.82) is 0 Å². The van der Waals surface area contributed by atoms with Gasteiger partial charge in [-0.2, -0.15) is 0 Å². The predicted molar refractivity (Wildman–Crippen MR) is 72.8 cm³/mol. The second-order valence-electron chi connectivity index (χ2n) is 4.49. The third kappa shape index (κ3) is 4.31. The molecule has 18 heavy (non-hydrogen) atoms. The number of nitrogens with one attached hydrogen (secondary N) is 1. The van der Waals surface area contributed by atoms with Crippen LogP contribution >= 0.6 is 12.4 Å². The Morgan fingerprint density at radius 3 is 2.50 bits per heavy atom. The minimum Gasteiger partial charge on any atom is -0.361 e. The van der Waals surface area contributed by atoms with Crippen molar-refractivity contribution >= 4 is 18.3 Å². The fourth-order valence-corrected chi connectivity index (χ4v) is 1.57. The Kier molecular flexibility index (Phi) is 6.94. The van der Waals surface area contributed by atoms with Crippen LogP contribution in [0.1, 0.15) is 30.9 Å². The molecule has 0 aliphatic rings. The molecule has 2 unspecified atom stereocenters. The van der Waals surface area contributed by atoms with Crippen LogP contribution in [0.15, 0.2) is 4.52 Å². The molecule has 3 N–H and O–H groups in total. The normalized spacial score (nSPS) is 13.6. The maximum atomic E-state index is 11.7. The van der Waals surface area contributed by atoms with Crippen LogP contribution < -0.4 is 11.1 Å². The van der Waals surface area contributed by atoms with Gasteiger partial charge in [0.15, 0.2) is 0 Å². The number of halogens is 1. The summed E-state index contributed by atoms with van der Waals surface area (Å²) in [6, 6.07) is -0.130. The molecule has 1 aromatic rings. The van der Waals surface area contributed by atoms with Crippen molar-refractivity contribution in [1.82, 2.24) is 10.5 Å². The summed E-state index contributed by atoms with van der Waals surface area (Å²) in [6.07, 6.45) is 0.735. The van der Waals surface area contributed by atoms with Gasteiger partial charge in [-0.3, -0.25) is 4.79 Å². The van der Waals surface area contributed by atoms with Crippen molar-refractivity contribution in [3.8, 4) is 0 Å². The third-order valence-corrected chi connectivity index (χ3v) is 3.06. The number of rotatable bonds is 5. The van der Waals surface area contributed by atoms with Gasteiger partial charge in [0.05, 0.1) is 5.69 Å². The van der Waals surface area contributed by atoms with Gasteiger partial charge >= 0.3 is 0 Å². The number of amides is 1. The molecule has 104 valence electrons. The van der Waals surface area contributed by atoms with Gasteiger partial charge in [0, 0.05) is 24.1 Å². The second-order valence-corrected chi connectivity index (χ2v) is 4.49. The summed E-state index contributed by atoms with van der Waals surface area (Å²) >= 11 is 0. The first-order chi connectivity index (χ1) is 7.93. The number of hydrogen-bond donors (Lipinski definition) is 2. The molecule has 6 heteroatoms. The topological polar surface area (TPSA) is 81.2 Å². The molecule has 0 aliphatic heterocycles. The van der Waals surface area contributed by atoms with Crippen molar-refractivity contribution in [2.24, 2.45) is 11.7 Å². The molecule has 0 bridgehead atoms. The van der Waals surface area contributed by atoms with Gasteiger partial charge in [0.25, 0.3) is 0 Å². The minimum atomic E-state index is -0.167. The van der Waals surface area contributed by atoms with Gasteiger partial charge in [-0.15, -0.1) is 12.4 Å². The highest BCUT2D eigenvalue weighted by Crippen LogP contribution is 2.12. The second kappa shape index (κ2) is 7.38. The van der Waals surface area contributed by atoms with Crippen LogP contribution in [0.2, 0.25) is 0 Å². The average molecular weight is 276 g/mol. The minimum absolute atomic E-state index is 0. The molecule has 0 fully saturated rings. The van der Waals surface area contributed by atoms with E-state index in [1.54, 1.807) is 0 Å². The number of aromatic nitrogens is 1. The smallest absolute Gasteiger partial charge is 0.224 e. The van der Waals surface area contributed by atoms with E-state index >= 15 is 0 Å². The summed E-state index contributed by atoms with van der Waals surface area (Å²) in [5.41, 5.74) is 7.62. The SMILES string of the molecule is Cc1noc(C)c1CCNC(=O)C(C)C(C)N.Cl. The lowest BCUT2D eigenvalue weighted by atomic mass is 10.0. The quantitative estimate of drug-likeness (QED) is 0.850. The van der Waals surface area contributed by atoms with Crippen LogP contribution in [0.5, 0.6) is 0 Å². The predicted octanol–water partition coefficient (Wildman–Crippen LogP) is 1.36. The lowest BCUT2D eigenvalue weighted by Crippen LogP contribution is -2.39. The standard InChI is InChI=1S/C12H21N3O2.ClH/c1-7(8(2)13)12(16)14-6-5-11-9(3)15-17-10(11)4;/h7-8H,5-6,13H2,1-4H3,(H,14,16);1H. The van der Waals surface area contributed by atoms with Crippen molar-refractivity contribution in [2.75, 3.05) is 6.54 Å². The Bertz CT molecular complexity index is 371. The molecule has 1 aromatic heterocycles. The average Bonchev–Trinajstić information content (AvgIpc) is 2.59. The van der Waals surface area contributed by atoms with Gasteiger partial charge in [0.1, 0.15) is 5.76 Å². The molecule has 0 radical (unpaired) electrons. The first-order valence-electron chi connectivity index (χ1n) is 5.88. The van der Waals surface area contributed by atoms with Crippen LogP contribution in [-0.4, -0.2) is 23.7 Å². The van der Waals surface area contributed by atoms with Crippen LogP contribution in [0.4, 0.5) is 0 Å². The summed E-state index contributed by atoms with van der Waals surface area (Å²) in [6.45, 7) is 8.02.